The predicted molar refractivity (Wildman–Crippen MR) is 416 cm³/mol. The SMILES string of the molecule is C=CCCCCC[C@H](C)C(=O)N1C[C@@]2(CCc3c(c(C)nc4ccc(OC)cc34)O2)C[C@H]1C(=O)C[C@]1(C(=O)NS(=O)(=O)C2(C)CC2)C[C@H]1C=C.C=CCCCCC[C@H](CC(=O)OC(C)(C)C)C(=O)N1C[C@@]2(CCc3c(c(C)nc4ccc(OC)cc34)O2)C[C@H]1C(=O)OC.C=C[C@@H]1C[C@]1(N)C(=O)NS(=O)(=O)C1(C)CC1. The molecule has 2 aromatic carbocycles. The molecule has 0 unspecified atom stereocenters. The number of allylic oxidation sites excluding steroid dienone is 3. The molecular weight excluding hydrogens is 1430 g/mol. The first-order valence-corrected chi connectivity index (χ1v) is 41.5. The summed E-state index contributed by atoms with van der Waals surface area (Å²) < 4.78 is 87.5. The number of benzene rings is 2. The van der Waals surface area contributed by atoms with Gasteiger partial charge in [-0.1, -0.05) is 56.9 Å². The van der Waals surface area contributed by atoms with Crippen molar-refractivity contribution in [3.63, 3.8) is 0 Å². The Morgan fingerprint density at radius 3 is 1.56 bits per heavy atom. The molecule has 2 spiro atoms. The zero-order valence-electron chi connectivity index (χ0n) is 65.6. The van der Waals surface area contributed by atoms with Gasteiger partial charge in [-0.25, -0.2) is 31.6 Å². The van der Waals surface area contributed by atoms with Gasteiger partial charge in [-0.05, 0) is 194 Å². The van der Waals surface area contributed by atoms with E-state index in [0.29, 0.717) is 95.0 Å². The third-order valence-electron chi connectivity index (χ3n) is 23.7. The Balaban J connectivity index is 0.000000194. The lowest BCUT2D eigenvalue weighted by atomic mass is 9.85. The Bertz CT molecular complexity index is 4470. The quantitative estimate of drug-likeness (QED) is 0.0248. The Hall–Kier alpha value is -8.23. The number of likely N-dealkylation sites (tertiary alicyclic amines) is 2. The second-order valence-electron chi connectivity index (χ2n) is 33.2. The Labute approximate surface area is 643 Å². The number of methoxy groups -OCH3 is 3. The maximum Gasteiger partial charge on any atom is 0.328 e. The smallest absolute Gasteiger partial charge is 0.328 e. The van der Waals surface area contributed by atoms with Crippen LogP contribution in [-0.2, 0) is 75.9 Å². The van der Waals surface area contributed by atoms with Gasteiger partial charge in [0.15, 0.2) is 5.78 Å². The number of esters is 2. The Kier molecular flexibility index (Phi) is 24.9. The normalized spacial score (nSPS) is 25.5. The molecule has 2 saturated heterocycles. The largest absolute Gasteiger partial charge is 0.497 e. The van der Waals surface area contributed by atoms with Gasteiger partial charge >= 0.3 is 11.9 Å². The summed E-state index contributed by atoms with van der Waals surface area (Å²) in [5, 5.41) is 1.93. The first-order chi connectivity index (χ1) is 51.4. The van der Waals surface area contributed by atoms with Crippen molar-refractivity contribution in [2.75, 3.05) is 34.4 Å². The standard InChI is InChI=1S/C39H51N3O7S.C34H46N2O7.C10H16N2O3S/c1-7-9-10-11-12-13-25(3)35(44)42-24-38(17-16-29-30-20-28(48-6)14-15-31(30)40-26(4)34(29)49-38)22-32(42)33(43)23-39(21-27(39)8-2)36(45)41-50(46,47)37(5)18-19-37;1-8-9-10-11-12-13-23(18-29(37)42-33(3,4)5)31(38)36-21-34(20-28(36)32(39)41-7)17-16-25-26-19-24(40-6)14-15-27(26)35-22(2)30(25)43-34;1-3-7-6-10(7,11)8(13)12-16(14,15)9(2)4-5-9/h7-8,14-15,20,25,27,32H,1-2,9-13,16-19,21-24H2,3-6H3,(H,41,45);8,14-15,19,23,28H,1,9-13,16-18,20-21H2,2-7H3;3,7H,1,4-6,11H2,2H3,(H,12,13)/t25-,27+,32-,38+,39+;23-,28+,34-;7-,10-/m011/s1. The van der Waals surface area contributed by atoms with Crippen molar-refractivity contribution in [3.05, 3.63) is 110 Å². The fraction of sp³-hybridized carbons (Fsp3) is 0.602. The Morgan fingerprint density at radius 2 is 1.12 bits per heavy atom. The third-order valence-corrected chi connectivity index (χ3v) is 28.1. The summed E-state index contributed by atoms with van der Waals surface area (Å²) in [7, 11) is -2.87. The maximum atomic E-state index is 14.4. The average Bonchev–Trinajstić information content (AvgIpc) is 1.59. The van der Waals surface area contributed by atoms with Crippen molar-refractivity contribution in [2.45, 2.75) is 253 Å². The van der Waals surface area contributed by atoms with Gasteiger partial charge in [-0.3, -0.25) is 38.2 Å². The Morgan fingerprint density at radius 1 is 0.642 bits per heavy atom. The highest BCUT2D eigenvalue weighted by Gasteiger charge is 2.64. The van der Waals surface area contributed by atoms with E-state index < -0.39 is 99.1 Å². The van der Waals surface area contributed by atoms with Crippen LogP contribution in [-0.4, -0.2) is 156 Å². The zero-order valence-corrected chi connectivity index (χ0v) is 67.2. The molecular formula is C83H113N7O17S2. The number of hydrogen-bond acceptors (Lipinski definition) is 20. The highest BCUT2D eigenvalue weighted by molar-refractivity contribution is 7.92. The van der Waals surface area contributed by atoms with Crippen LogP contribution in [0.1, 0.15) is 205 Å². The van der Waals surface area contributed by atoms with Crippen molar-refractivity contribution in [1.82, 2.24) is 29.2 Å². The van der Waals surface area contributed by atoms with Crippen LogP contribution in [0.4, 0.5) is 0 Å². The maximum absolute atomic E-state index is 14.4. The molecule has 109 heavy (non-hydrogen) atoms. The first kappa shape index (κ1) is 83.2. The van der Waals surface area contributed by atoms with Crippen LogP contribution in [0, 0.1) is 42.9 Å². The van der Waals surface area contributed by atoms with Crippen LogP contribution in [0.5, 0.6) is 23.0 Å². The van der Waals surface area contributed by atoms with Crippen LogP contribution >= 0.6 is 0 Å². The number of nitrogens with two attached hydrogens (primary N) is 1. The number of fused-ring (bicyclic) bond motifs is 6. The van der Waals surface area contributed by atoms with Crippen LogP contribution in [0.15, 0.2) is 87.0 Å². The summed E-state index contributed by atoms with van der Waals surface area (Å²) in [4.78, 5) is 107. The number of Topliss-reactive ketones (excluding diaryl/α,β-unsaturated/α-hetero) is 1. The fourth-order valence-corrected chi connectivity index (χ4v) is 18.6. The van der Waals surface area contributed by atoms with Crippen molar-refractivity contribution >= 4 is 83.2 Å². The minimum atomic E-state index is -3.89. The topological polar surface area (TPSA) is 325 Å². The number of nitrogens with zero attached hydrogens (tertiary/aromatic N) is 4. The van der Waals surface area contributed by atoms with Crippen molar-refractivity contribution in [1.29, 1.82) is 0 Å². The lowest BCUT2D eigenvalue weighted by Crippen LogP contribution is -2.49. The summed E-state index contributed by atoms with van der Waals surface area (Å²) in [5.41, 5.74) is 6.53. The number of nitrogens with one attached hydrogen (secondary N) is 2. The molecule has 4 amide bonds. The number of carbonyl (C=O) groups is 7. The van der Waals surface area contributed by atoms with Gasteiger partial charge < -0.3 is 44.0 Å². The van der Waals surface area contributed by atoms with E-state index in [9.17, 15) is 50.4 Å². The zero-order chi connectivity index (χ0) is 79.6. The van der Waals surface area contributed by atoms with Gasteiger partial charge in [0.1, 0.15) is 51.4 Å². The molecule has 4 N–H and O–H groups in total. The minimum absolute atomic E-state index is 0.0461. The molecule has 10 atom stereocenters. The number of ketones is 1. The fourth-order valence-electron chi connectivity index (χ4n) is 16.0. The molecule has 6 fully saturated rings. The summed E-state index contributed by atoms with van der Waals surface area (Å²) in [5.74, 6) is -1.30. The number of aromatic nitrogens is 2. The molecule has 24 nitrogen and oxygen atoms in total. The van der Waals surface area contributed by atoms with E-state index in [1.54, 1.807) is 50.0 Å². The van der Waals surface area contributed by atoms with E-state index in [-0.39, 0.29) is 67.7 Å². The van der Waals surface area contributed by atoms with Crippen LogP contribution in [0.2, 0.25) is 0 Å². The van der Waals surface area contributed by atoms with Gasteiger partial charge in [0.05, 0.1) is 84.2 Å². The predicted octanol–water partition coefficient (Wildman–Crippen LogP) is 11.9. The molecule has 26 heteroatoms. The number of unbranched alkanes of at least 4 members (excludes halogenated alkanes) is 6. The number of sulfonamides is 2. The monoisotopic (exact) mass is 1540 g/mol. The van der Waals surface area contributed by atoms with Gasteiger partial charge in [-0.2, -0.15) is 0 Å². The van der Waals surface area contributed by atoms with E-state index in [1.165, 1.54) is 7.11 Å². The summed E-state index contributed by atoms with van der Waals surface area (Å²) in [6, 6.07) is 9.97. The molecule has 4 aliphatic heterocycles. The molecule has 4 saturated carbocycles. The van der Waals surface area contributed by atoms with E-state index in [4.69, 9.17) is 44.1 Å². The minimum Gasteiger partial charge on any atom is -0.497 e. The summed E-state index contributed by atoms with van der Waals surface area (Å²) >= 11 is 0. The van der Waals surface area contributed by atoms with E-state index in [1.807, 2.05) is 90.1 Å². The van der Waals surface area contributed by atoms with Gasteiger partial charge in [0, 0.05) is 58.9 Å². The number of hydrogen-bond donors (Lipinski definition) is 3. The molecule has 8 aliphatic rings. The second-order valence-corrected chi connectivity index (χ2v) is 37.6. The number of carbonyl (C=O) groups excluding carboxylic acids is 7. The molecule has 0 radical (unpaired) electrons. The van der Waals surface area contributed by atoms with Gasteiger partial charge in [0.25, 0.3) is 5.91 Å². The van der Waals surface area contributed by atoms with Crippen LogP contribution in [0.25, 0.3) is 21.8 Å². The van der Waals surface area contributed by atoms with E-state index in [2.05, 4.69) is 35.8 Å². The molecule has 2 aromatic heterocycles. The first-order valence-electron chi connectivity index (χ1n) is 38.5. The van der Waals surface area contributed by atoms with Gasteiger partial charge in [0.2, 0.25) is 37.8 Å². The number of amides is 4. The summed E-state index contributed by atoms with van der Waals surface area (Å²) in [6.07, 6.45) is 21.5. The lowest BCUT2D eigenvalue weighted by molar-refractivity contribution is -0.159. The molecule has 12 rings (SSSR count). The second kappa shape index (κ2) is 32.6. The molecule has 6 heterocycles. The highest BCUT2D eigenvalue weighted by atomic mass is 32.2. The lowest BCUT2D eigenvalue weighted by Gasteiger charge is -2.36. The third kappa shape index (κ3) is 18.1. The van der Waals surface area contributed by atoms with Crippen molar-refractivity contribution in [2.24, 2.45) is 34.8 Å². The number of pyridine rings is 2. The van der Waals surface area contributed by atoms with E-state index >= 15 is 0 Å². The highest BCUT2D eigenvalue weighted by Crippen LogP contribution is 2.58. The van der Waals surface area contributed by atoms with Gasteiger partial charge in [-0.15, -0.1) is 26.3 Å². The molecule has 4 aliphatic carbocycles. The number of rotatable bonds is 30. The molecule has 594 valence electrons. The van der Waals surface area contributed by atoms with Crippen molar-refractivity contribution < 1.29 is 78.8 Å². The van der Waals surface area contributed by atoms with Crippen molar-refractivity contribution in [3.8, 4) is 23.0 Å². The number of ether oxygens (including phenoxy) is 6. The summed E-state index contributed by atoms with van der Waals surface area (Å²) in [6.45, 7) is 29.9. The van der Waals surface area contributed by atoms with Crippen LogP contribution in [0.3, 0.4) is 0 Å². The van der Waals surface area contributed by atoms with Crippen LogP contribution < -0.4 is 34.1 Å². The van der Waals surface area contributed by atoms with E-state index in [0.717, 1.165) is 107 Å². The number of aryl methyl sites for hydroxylation is 4. The molecule has 0 bridgehead atoms. The molecule has 4 aromatic rings. The average molecular weight is 1540 g/mol.